The van der Waals surface area contributed by atoms with E-state index in [0.29, 0.717) is 54.2 Å². The Labute approximate surface area is 290 Å². The van der Waals surface area contributed by atoms with E-state index in [2.05, 4.69) is 20.4 Å². The number of hydrogen-bond acceptors (Lipinski definition) is 9. The number of phenols is 1. The first-order chi connectivity index (χ1) is 24.3. The van der Waals surface area contributed by atoms with Gasteiger partial charge in [0, 0.05) is 30.6 Å². The van der Waals surface area contributed by atoms with Crippen LogP contribution in [0.25, 0.3) is 10.9 Å². The molecule has 0 aliphatic rings. The van der Waals surface area contributed by atoms with Gasteiger partial charge in [0.05, 0.1) is 24.8 Å². The molecule has 10 nitrogen and oxygen atoms in total. The molecule has 5 N–H and O–H groups in total. The lowest BCUT2D eigenvalue weighted by Crippen LogP contribution is -2.29. The highest BCUT2D eigenvalue weighted by molar-refractivity contribution is 5.87. The maximum Gasteiger partial charge on any atom is 0.248 e. The Morgan fingerprint density at radius 3 is 2.34 bits per heavy atom. The minimum absolute atomic E-state index is 0.0303. The summed E-state index contributed by atoms with van der Waals surface area (Å²) in [5.74, 6) is 1.44. The largest absolute Gasteiger partial charge is 0.506 e. The monoisotopic (exact) mass is 674 g/mol. The second-order valence-electron chi connectivity index (χ2n) is 12.5. The average molecular weight is 675 g/mol. The summed E-state index contributed by atoms with van der Waals surface area (Å²) < 4.78 is 11.7. The number of rotatable bonds is 16. The number of aromatic nitrogens is 2. The fourth-order valence-electron chi connectivity index (χ4n) is 6.13. The summed E-state index contributed by atoms with van der Waals surface area (Å²) in [5.41, 5.74) is 2.25. The van der Waals surface area contributed by atoms with Crippen LogP contribution in [0, 0.1) is 0 Å². The number of aliphatic hydroxyl groups excluding tert-OH is 1. The number of aromatic amines is 1. The molecule has 0 aliphatic carbocycles. The molecule has 258 valence electrons. The zero-order chi connectivity index (χ0) is 34.9. The van der Waals surface area contributed by atoms with Crippen molar-refractivity contribution in [2.24, 2.45) is 0 Å². The van der Waals surface area contributed by atoms with Crippen LogP contribution >= 0.6 is 0 Å². The highest BCUT2D eigenvalue weighted by Crippen LogP contribution is 2.36. The summed E-state index contributed by atoms with van der Waals surface area (Å²) in [5, 5.41) is 41.0. The van der Waals surface area contributed by atoms with Gasteiger partial charge in [0.1, 0.15) is 17.2 Å². The number of ether oxygens (including phenoxy) is 1. The van der Waals surface area contributed by atoms with Gasteiger partial charge >= 0.3 is 0 Å². The molecule has 0 saturated carbocycles. The first kappa shape index (κ1) is 34.6. The Hall–Kier alpha value is -5.26. The van der Waals surface area contributed by atoms with Gasteiger partial charge in [-0.2, -0.15) is 0 Å². The number of nitrogens with one attached hydrogen (secondary N) is 2. The average Bonchev–Trinajstić information content (AvgIpc) is 3.62. The molecule has 0 spiro atoms. The number of aromatic hydroxyl groups is 1. The Balaban J connectivity index is 0.924. The molecule has 6 rings (SSSR count). The third-order valence-corrected chi connectivity index (χ3v) is 8.81. The van der Waals surface area contributed by atoms with E-state index in [1.54, 1.807) is 12.1 Å². The zero-order valence-electron chi connectivity index (χ0n) is 28.0. The van der Waals surface area contributed by atoms with Crippen molar-refractivity contribution in [2.45, 2.75) is 31.1 Å². The number of pyridine rings is 1. The van der Waals surface area contributed by atoms with Crippen LogP contribution in [0.5, 0.6) is 11.5 Å². The van der Waals surface area contributed by atoms with Gasteiger partial charge in [-0.15, -0.1) is 0 Å². The molecule has 10 heteroatoms. The molecule has 1 atom stereocenters. The summed E-state index contributed by atoms with van der Waals surface area (Å²) in [6, 6.07) is 35.0. The standard InChI is InChI=1S/C40H42N4O6/c1-44(27-32-25-37(43-50-32)40(48,29-9-4-2-5-10-29)30-11-6-3-7-12-30)23-8-24-49-31-15-13-28(14-16-31)21-22-41-26-36(46)33-17-19-35(45)39-34(33)18-20-38(47)42-39/h2-7,9-20,25,36,41,45-46,48H,8,21-24,26-27H2,1H3,(H,42,47). The van der Waals surface area contributed by atoms with E-state index < -0.39 is 11.7 Å². The molecular formula is C40H42N4O6. The van der Waals surface area contributed by atoms with Crippen LogP contribution in [0.1, 0.15) is 46.2 Å². The molecule has 2 aromatic heterocycles. The molecule has 0 aliphatic heterocycles. The smallest absolute Gasteiger partial charge is 0.248 e. The molecule has 0 radical (unpaired) electrons. The molecule has 0 amide bonds. The number of hydrogen-bond donors (Lipinski definition) is 5. The third kappa shape index (κ3) is 8.12. The maximum absolute atomic E-state index is 11.9. The lowest BCUT2D eigenvalue weighted by molar-refractivity contribution is 0.116. The summed E-state index contributed by atoms with van der Waals surface area (Å²) in [7, 11) is 2.01. The van der Waals surface area contributed by atoms with Crippen molar-refractivity contribution in [3.63, 3.8) is 0 Å². The van der Waals surface area contributed by atoms with Crippen LogP contribution in [0.4, 0.5) is 0 Å². The van der Waals surface area contributed by atoms with Crippen molar-refractivity contribution in [2.75, 3.05) is 33.3 Å². The number of aliphatic hydroxyl groups is 2. The molecule has 0 bridgehead atoms. The van der Waals surface area contributed by atoms with Gasteiger partial charge in [0.2, 0.25) is 5.56 Å². The van der Waals surface area contributed by atoms with E-state index in [4.69, 9.17) is 9.26 Å². The fraction of sp³-hybridized carbons (Fsp3) is 0.250. The van der Waals surface area contributed by atoms with Crippen LogP contribution in [0.15, 0.2) is 125 Å². The van der Waals surface area contributed by atoms with E-state index in [0.717, 1.165) is 41.8 Å². The van der Waals surface area contributed by atoms with Gasteiger partial charge in [0.25, 0.3) is 0 Å². The van der Waals surface area contributed by atoms with Crippen molar-refractivity contribution in [3.05, 3.63) is 159 Å². The fourth-order valence-corrected chi connectivity index (χ4v) is 6.13. The summed E-state index contributed by atoms with van der Waals surface area (Å²) in [6.45, 7) is 2.88. The SMILES string of the molecule is CN(CCCOc1ccc(CCNCC(O)c2ccc(O)c3[nH]c(=O)ccc23)cc1)Cc1cc(C(O)(c2ccccc2)c2ccccc2)no1. The van der Waals surface area contributed by atoms with E-state index >= 15 is 0 Å². The minimum Gasteiger partial charge on any atom is -0.506 e. The van der Waals surface area contributed by atoms with Crippen molar-refractivity contribution in [1.82, 2.24) is 20.4 Å². The van der Waals surface area contributed by atoms with Crippen LogP contribution < -0.4 is 15.6 Å². The highest BCUT2D eigenvalue weighted by atomic mass is 16.5. The van der Waals surface area contributed by atoms with Crippen molar-refractivity contribution in [1.29, 1.82) is 0 Å². The number of phenolic OH excluding ortho intramolecular Hbond substituents is 1. The molecule has 50 heavy (non-hydrogen) atoms. The van der Waals surface area contributed by atoms with Crippen molar-refractivity contribution < 1.29 is 24.6 Å². The quantitative estimate of drug-likeness (QED) is 0.0868. The third-order valence-electron chi connectivity index (χ3n) is 8.81. The number of benzene rings is 4. The number of fused-ring (bicyclic) bond motifs is 1. The summed E-state index contributed by atoms with van der Waals surface area (Å²) in [6.07, 6.45) is 0.792. The molecule has 1 unspecified atom stereocenters. The Bertz CT molecular complexity index is 1990. The van der Waals surface area contributed by atoms with Gasteiger partial charge in [0.15, 0.2) is 11.4 Å². The summed E-state index contributed by atoms with van der Waals surface area (Å²) in [4.78, 5) is 16.4. The van der Waals surface area contributed by atoms with Gasteiger partial charge in [-0.05, 0) is 73.0 Å². The Morgan fingerprint density at radius 1 is 0.940 bits per heavy atom. The van der Waals surface area contributed by atoms with Gasteiger partial charge in [-0.3, -0.25) is 9.69 Å². The molecule has 2 heterocycles. The first-order valence-corrected chi connectivity index (χ1v) is 16.7. The number of nitrogens with zero attached hydrogens (tertiary/aromatic N) is 2. The van der Waals surface area contributed by atoms with Crippen LogP contribution in [-0.4, -0.2) is 63.6 Å². The zero-order valence-corrected chi connectivity index (χ0v) is 28.0. The van der Waals surface area contributed by atoms with Gasteiger partial charge in [-0.1, -0.05) is 84.0 Å². The molecule has 4 aromatic carbocycles. The van der Waals surface area contributed by atoms with Crippen LogP contribution in [-0.2, 0) is 18.6 Å². The van der Waals surface area contributed by atoms with Crippen LogP contribution in [0.2, 0.25) is 0 Å². The molecular weight excluding hydrogens is 632 g/mol. The first-order valence-electron chi connectivity index (χ1n) is 16.7. The normalized spacial score (nSPS) is 12.4. The molecule has 0 saturated heterocycles. The second-order valence-corrected chi connectivity index (χ2v) is 12.5. The van der Waals surface area contributed by atoms with E-state index in [-0.39, 0.29) is 11.3 Å². The molecule has 6 aromatic rings. The Morgan fingerprint density at radius 2 is 1.64 bits per heavy atom. The lowest BCUT2D eigenvalue weighted by Gasteiger charge is -2.27. The van der Waals surface area contributed by atoms with Crippen molar-refractivity contribution >= 4 is 10.9 Å². The highest BCUT2D eigenvalue weighted by Gasteiger charge is 2.37. The van der Waals surface area contributed by atoms with Gasteiger partial charge < -0.3 is 34.9 Å². The van der Waals surface area contributed by atoms with E-state index in [1.165, 1.54) is 12.1 Å². The predicted octanol–water partition coefficient (Wildman–Crippen LogP) is 5.27. The minimum atomic E-state index is -1.43. The number of H-pyrrole nitrogens is 1. The predicted molar refractivity (Wildman–Crippen MR) is 192 cm³/mol. The van der Waals surface area contributed by atoms with Gasteiger partial charge in [-0.25, -0.2) is 0 Å². The molecule has 0 fully saturated rings. The lowest BCUT2D eigenvalue weighted by atomic mass is 9.83. The van der Waals surface area contributed by atoms with E-state index in [1.807, 2.05) is 98.0 Å². The maximum atomic E-state index is 11.9. The van der Waals surface area contributed by atoms with Crippen LogP contribution in [0.3, 0.4) is 0 Å². The summed E-state index contributed by atoms with van der Waals surface area (Å²) >= 11 is 0. The second kappa shape index (κ2) is 16.0. The topological polar surface area (TPSA) is 144 Å². The van der Waals surface area contributed by atoms with E-state index in [9.17, 15) is 20.1 Å². The van der Waals surface area contributed by atoms with Crippen molar-refractivity contribution in [3.8, 4) is 11.5 Å². The Kier molecular flexibility index (Phi) is 11.0.